The van der Waals surface area contributed by atoms with Gasteiger partial charge in [0.05, 0.1) is 30.1 Å². The number of carbonyl (C=O) groups is 3. The second kappa shape index (κ2) is 12.3. The number of esters is 2. The lowest BCUT2D eigenvalue weighted by atomic mass is 9.54. The number of ether oxygens (including phenoxy) is 3. The molecule has 4 rings (SSSR count). The second-order valence-corrected chi connectivity index (χ2v) is 12.3. The van der Waals surface area contributed by atoms with Gasteiger partial charge in [0.2, 0.25) is 5.91 Å². The van der Waals surface area contributed by atoms with Crippen molar-refractivity contribution >= 4 is 17.8 Å². The fraction of sp³-hybridized carbons (Fsp3) is 0.645. The minimum Gasteiger partial charge on any atom is -0.481 e. The van der Waals surface area contributed by atoms with Crippen LogP contribution in [0.2, 0.25) is 0 Å². The number of likely N-dealkylation sites (tertiary alicyclic amines) is 1. The van der Waals surface area contributed by atoms with E-state index in [1.165, 1.54) is 6.92 Å². The molecule has 1 aliphatic carbocycles. The summed E-state index contributed by atoms with van der Waals surface area (Å²) in [5, 5.41) is 25.0. The van der Waals surface area contributed by atoms with Crippen LogP contribution in [0.3, 0.4) is 0 Å². The van der Waals surface area contributed by atoms with E-state index in [0.29, 0.717) is 30.7 Å². The van der Waals surface area contributed by atoms with E-state index in [1.54, 1.807) is 12.1 Å². The number of likely N-dealkylation sites (N-methyl/N-ethyl adjacent to an activating group) is 1. The Morgan fingerprint density at radius 1 is 1.26 bits per heavy atom. The molecule has 0 bridgehead atoms. The molecule has 1 fully saturated rings. The van der Waals surface area contributed by atoms with E-state index in [9.17, 15) is 24.6 Å². The van der Waals surface area contributed by atoms with Crippen LogP contribution in [-0.2, 0) is 35.9 Å². The van der Waals surface area contributed by atoms with Gasteiger partial charge in [-0.2, -0.15) is 0 Å². The Bertz CT molecular complexity index is 1250. The van der Waals surface area contributed by atoms with Gasteiger partial charge in [-0.3, -0.25) is 9.59 Å². The molecule has 1 amide bonds. The van der Waals surface area contributed by atoms with Crippen molar-refractivity contribution in [2.45, 2.75) is 102 Å². The van der Waals surface area contributed by atoms with Gasteiger partial charge in [-0.1, -0.05) is 26.0 Å². The number of nitrogens with two attached hydrogens (primary N) is 1. The number of hydrogen-bond donors (Lipinski definition) is 4. The van der Waals surface area contributed by atoms with E-state index in [2.05, 4.69) is 10.2 Å². The van der Waals surface area contributed by atoms with Gasteiger partial charge in [0.25, 0.3) is 0 Å². The highest BCUT2D eigenvalue weighted by Gasteiger charge is 2.69. The predicted octanol–water partition coefficient (Wildman–Crippen LogP) is 1.58. The number of fused-ring (bicyclic) bond motifs is 1. The van der Waals surface area contributed by atoms with Crippen LogP contribution in [0.15, 0.2) is 24.0 Å². The summed E-state index contributed by atoms with van der Waals surface area (Å²) in [6.45, 7) is 9.76. The topological polar surface area (TPSA) is 161 Å². The number of hydrogen-bond acceptors (Lipinski definition) is 10. The number of nitrogens with zero attached hydrogens (tertiary/aromatic N) is 1. The maximum Gasteiger partial charge on any atom is 0.352 e. The van der Waals surface area contributed by atoms with Gasteiger partial charge in [0.1, 0.15) is 11.5 Å². The molecule has 1 aromatic rings. The second-order valence-electron chi connectivity index (χ2n) is 12.3. The van der Waals surface area contributed by atoms with Gasteiger partial charge in [0.15, 0.2) is 12.2 Å². The van der Waals surface area contributed by atoms with Gasteiger partial charge < -0.3 is 40.4 Å². The number of piperidine rings is 1. The summed E-state index contributed by atoms with van der Waals surface area (Å²) in [5.41, 5.74) is 6.07. The van der Waals surface area contributed by atoms with Crippen molar-refractivity contribution in [2.75, 3.05) is 20.1 Å². The maximum absolute atomic E-state index is 13.1. The van der Waals surface area contributed by atoms with E-state index in [0.717, 1.165) is 11.1 Å². The molecule has 1 saturated heterocycles. The highest BCUT2D eigenvalue weighted by Crippen LogP contribution is 2.61. The van der Waals surface area contributed by atoms with Crippen molar-refractivity contribution in [3.8, 4) is 5.75 Å². The van der Waals surface area contributed by atoms with Gasteiger partial charge in [-0.25, -0.2) is 4.79 Å². The Morgan fingerprint density at radius 3 is 2.64 bits per heavy atom. The minimum atomic E-state index is -1.23. The van der Waals surface area contributed by atoms with Crippen molar-refractivity contribution in [3.05, 3.63) is 40.7 Å². The average Bonchev–Trinajstić information content (AvgIpc) is 3.29. The van der Waals surface area contributed by atoms with Crippen molar-refractivity contribution in [1.29, 1.82) is 0 Å². The first-order chi connectivity index (χ1) is 19.8. The minimum absolute atomic E-state index is 0.0326. The lowest BCUT2D eigenvalue weighted by Crippen LogP contribution is -2.71. The van der Waals surface area contributed by atoms with Gasteiger partial charge in [0, 0.05) is 30.1 Å². The highest BCUT2D eigenvalue weighted by atomic mass is 16.6. The number of carbonyl (C=O) groups excluding carboxylic acids is 3. The molecule has 3 aliphatic rings. The summed E-state index contributed by atoms with van der Waals surface area (Å²) < 4.78 is 17.6. The highest BCUT2D eigenvalue weighted by molar-refractivity contribution is 5.82. The maximum atomic E-state index is 13.1. The van der Waals surface area contributed by atoms with Crippen LogP contribution >= 0.6 is 0 Å². The van der Waals surface area contributed by atoms with E-state index < -0.39 is 41.2 Å². The number of nitrogens with one attached hydrogen (secondary N) is 1. The summed E-state index contributed by atoms with van der Waals surface area (Å²) in [6.07, 6.45) is 0.808. The normalized spacial score (nSPS) is 28.0. The van der Waals surface area contributed by atoms with E-state index in [4.69, 9.17) is 19.9 Å². The summed E-state index contributed by atoms with van der Waals surface area (Å²) >= 11 is 0. The largest absolute Gasteiger partial charge is 0.481 e. The Hall–Kier alpha value is -2.99. The smallest absolute Gasteiger partial charge is 0.352 e. The predicted molar refractivity (Wildman–Crippen MR) is 154 cm³/mol. The summed E-state index contributed by atoms with van der Waals surface area (Å²) in [4.78, 5) is 39.7. The van der Waals surface area contributed by atoms with E-state index >= 15 is 0 Å². The van der Waals surface area contributed by atoms with E-state index in [1.807, 2.05) is 40.8 Å². The van der Waals surface area contributed by atoms with Crippen LogP contribution < -0.4 is 15.8 Å². The lowest BCUT2D eigenvalue weighted by Gasteiger charge is -2.58. The molecule has 11 heteroatoms. The number of aryl methyl sites for hydroxylation is 1. The molecule has 1 spiro atoms. The summed E-state index contributed by atoms with van der Waals surface area (Å²) in [7, 11) is 1.97. The Kier molecular flexibility index (Phi) is 9.37. The fourth-order valence-corrected chi connectivity index (χ4v) is 6.74. The quantitative estimate of drug-likeness (QED) is 0.296. The SMILES string of the molecule is Cc1ccc(CO)c2c1[C@]13CCN(C)[C@H](C)[C@]1(O)CC=C(OC(=O)[C@H](C)OC(=O)CCNC(=O)[C@@H](N)CC(C)C)[C@@H]3O2. The molecular formula is C31H45N3O8. The zero-order valence-corrected chi connectivity index (χ0v) is 25.4. The zero-order valence-electron chi connectivity index (χ0n) is 25.4. The Balaban J connectivity index is 1.48. The molecule has 0 radical (unpaired) electrons. The molecule has 232 valence electrons. The fourth-order valence-electron chi connectivity index (χ4n) is 6.74. The molecule has 42 heavy (non-hydrogen) atoms. The van der Waals surface area contributed by atoms with E-state index in [-0.39, 0.29) is 49.6 Å². The van der Waals surface area contributed by atoms with Crippen LogP contribution in [0.4, 0.5) is 0 Å². The first kappa shape index (κ1) is 31.9. The number of benzene rings is 1. The molecule has 0 unspecified atom stereocenters. The Morgan fingerprint density at radius 2 is 1.98 bits per heavy atom. The van der Waals surface area contributed by atoms with Crippen LogP contribution in [0.5, 0.6) is 5.75 Å². The molecule has 5 N–H and O–H groups in total. The molecule has 6 atom stereocenters. The molecule has 2 aliphatic heterocycles. The molecule has 0 saturated carbocycles. The molecule has 2 heterocycles. The third kappa shape index (κ3) is 5.55. The van der Waals surface area contributed by atoms with Gasteiger partial charge in [-0.15, -0.1) is 0 Å². The average molecular weight is 588 g/mol. The monoisotopic (exact) mass is 587 g/mol. The van der Waals surface area contributed by atoms with Crippen LogP contribution in [0.25, 0.3) is 0 Å². The third-order valence-corrected chi connectivity index (χ3v) is 9.15. The lowest BCUT2D eigenvalue weighted by molar-refractivity contribution is -0.171. The standard InChI is InChI=1S/C31H45N3O8/c1-17(2)15-22(32)28(37)33-13-10-24(36)40-19(4)29(38)41-23-9-11-31(39)20(5)34(6)14-12-30(31)25-18(3)7-8-21(16-35)26(25)42-27(23)30/h7-9,17,19-20,22,27,35,39H,10-16,32H2,1-6H3,(H,33,37)/t19-,20+,22-,27-,30-,31+/m0/s1. The Labute approximate surface area is 247 Å². The van der Waals surface area contributed by atoms with Gasteiger partial charge in [-0.05, 0) is 64.8 Å². The van der Waals surface area contributed by atoms with Crippen molar-refractivity contribution < 1.29 is 38.8 Å². The molecular weight excluding hydrogens is 542 g/mol. The number of rotatable bonds is 10. The number of aliphatic hydroxyl groups is 2. The van der Waals surface area contributed by atoms with Crippen LogP contribution in [-0.4, -0.2) is 83.0 Å². The zero-order chi connectivity index (χ0) is 31.0. The van der Waals surface area contributed by atoms with Crippen molar-refractivity contribution in [3.63, 3.8) is 0 Å². The molecule has 11 nitrogen and oxygen atoms in total. The first-order valence-corrected chi connectivity index (χ1v) is 14.7. The first-order valence-electron chi connectivity index (χ1n) is 14.7. The van der Waals surface area contributed by atoms with Crippen molar-refractivity contribution in [2.24, 2.45) is 11.7 Å². The number of aliphatic hydroxyl groups excluding tert-OH is 1. The molecule has 0 aromatic heterocycles. The van der Waals surface area contributed by atoms with Crippen molar-refractivity contribution in [1.82, 2.24) is 10.2 Å². The number of amides is 1. The molecule has 1 aromatic carbocycles. The van der Waals surface area contributed by atoms with Crippen LogP contribution in [0, 0.1) is 12.8 Å². The third-order valence-electron chi connectivity index (χ3n) is 9.15. The summed E-state index contributed by atoms with van der Waals surface area (Å²) in [5.74, 6) is -0.776. The van der Waals surface area contributed by atoms with Crippen LogP contribution in [0.1, 0.15) is 70.1 Å². The van der Waals surface area contributed by atoms with Gasteiger partial charge >= 0.3 is 11.9 Å². The summed E-state index contributed by atoms with van der Waals surface area (Å²) in [6, 6.07) is 2.83.